The van der Waals surface area contributed by atoms with Gasteiger partial charge in [-0.05, 0) is 53.5 Å². The lowest BCUT2D eigenvalue weighted by atomic mass is 10.2. The number of hydrogen-bond donors (Lipinski definition) is 0. The summed E-state index contributed by atoms with van der Waals surface area (Å²) < 4.78 is 16.6. The summed E-state index contributed by atoms with van der Waals surface area (Å²) in [6.07, 6.45) is -1.68. The molecule has 1 aromatic rings. The molecule has 1 atom stereocenters. The number of hydrogen-bond acceptors (Lipinski definition) is 6. The van der Waals surface area contributed by atoms with Gasteiger partial charge in [0, 0.05) is 4.43 Å². The van der Waals surface area contributed by atoms with Crippen LogP contribution >= 0.6 is 22.6 Å². The van der Waals surface area contributed by atoms with Gasteiger partial charge in [0.25, 0.3) is 0 Å². The first-order chi connectivity index (χ1) is 13.3. The average Bonchev–Trinajstić information content (AvgIpc) is 2.57. The molecule has 0 unspecified atom stereocenters. The number of carbonyl (C=O) groups is 3. The Morgan fingerprint density at radius 2 is 1.41 bits per heavy atom. The number of ether oxygens (including phenoxy) is 3. The van der Waals surface area contributed by atoms with Gasteiger partial charge in [-0.2, -0.15) is 4.90 Å². The summed E-state index contributed by atoms with van der Waals surface area (Å²) in [5, 5.41) is 0. The molecule has 29 heavy (non-hydrogen) atoms. The number of nitrogens with zero attached hydrogens (tertiary/aromatic N) is 1. The van der Waals surface area contributed by atoms with E-state index >= 15 is 0 Å². The van der Waals surface area contributed by atoms with Crippen LogP contribution in [-0.2, 0) is 25.6 Å². The molecule has 1 aromatic carbocycles. The molecule has 0 aliphatic carbocycles. The van der Waals surface area contributed by atoms with E-state index in [-0.39, 0.29) is 13.0 Å². The van der Waals surface area contributed by atoms with Crippen LogP contribution in [0.1, 0.15) is 53.5 Å². The highest BCUT2D eigenvalue weighted by Gasteiger charge is 2.40. The summed E-state index contributed by atoms with van der Waals surface area (Å²) in [4.78, 5) is 39.1. The molecule has 0 fully saturated rings. The highest BCUT2D eigenvalue weighted by molar-refractivity contribution is 14.1. The molecule has 0 heterocycles. The molecule has 162 valence electrons. The number of imide groups is 1. The molecule has 7 nitrogen and oxygen atoms in total. The van der Waals surface area contributed by atoms with E-state index in [9.17, 15) is 14.4 Å². The molecule has 0 spiro atoms. The van der Waals surface area contributed by atoms with Crippen LogP contribution in [0.3, 0.4) is 0 Å². The van der Waals surface area contributed by atoms with Crippen molar-refractivity contribution in [2.75, 3.05) is 4.43 Å². The predicted molar refractivity (Wildman–Crippen MR) is 118 cm³/mol. The fourth-order valence-corrected chi connectivity index (χ4v) is 2.82. The number of esters is 1. The standard InChI is InChI=1S/C21H30INO6/c1-20(2,3)28-18(25)23(19(26)29-21(4,5)6)16(12-13-22)17(24)27-14-15-10-8-7-9-11-15/h7-11,16H,12-14H2,1-6H3/t16-/m0/s1. The van der Waals surface area contributed by atoms with Crippen molar-refractivity contribution in [2.45, 2.75) is 71.8 Å². The zero-order valence-electron chi connectivity index (χ0n) is 17.9. The van der Waals surface area contributed by atoms with Gasteiger partial charge >= 0.3 is 18.2 Å². The van der Waals surface area contributed by atoms with Gasteiger partial charge in [-0.25, -0.2) is 14.4 Å². The van der Waals surface area contributed by atoms with Crippen LogP contribution in [0.5, 0.6) is 0 Å². The summed E-state index contributed by atoms with van der Waals surface area (Å²) in [5.41, 5.74) is -0.893. The number of halogens is 1. The monoisotopic (exact) mass is 519 g/mol. The van der Waals surface area contributed by atoms with Crippen LogP contribution in [0.15, 0.2) is 30.3 Å². The summed E-state index contributed by atoms with van der Waals surface area (Å²) in [5.74, 6) is -0.692. The van der Waals surface area contributed by atoms with E-state index in [1.54, 1.807) is 41.5 Å². The zero-order valence-corrected chi connectivity index (χ0v) is 20.0. The lowest BCUT2D eigenvalue weighted by molar-refractivity contribution is -0.151. The van der Waals surface area contributed by atoms with Crippen LogP contribution in [0, 0.1) is 0 Å². The fraction of sp³-hybridized carbons (Fsp3) is 0.571. The molecule has 0 saturated carbocycles. The minimum atomic E-state index is -1.15. The first-order valence-electron chi connectivity index (χ1n) is 9.36. The normalized spacial score (nSPS) is 12.7. The molecular formula is C21H30INO6. The van der Waals surface area contributed by atoms with Crippen LogP contribution in [0.2, 0.25) is 0 Å². The molecule has 0 radical (unpaired) electrons. The van der Waals surface area contributed by atoms with E-state index in [0.29, 0.717) is 4.43 Å². The van der Waals surface area contributed by atoms with E-state index in [1.807, 2.05) is 30.3 Å². The Kier molecular flexibility index (Phi) is 9.38. The first-order valence-corrected chi connectivity index (χ1v) is 10.9. The Labute approximate surface area is 186 Å². The Morgan fingerprint density at radius 3 is 1.83 bits per heavy atom. The van der Waals surface area contributed by atoms with E-state index in [4.69, 9.17) is 14.2 Å². The van der Waals surface area contributed by atoms with E-state index in [1.165, 1.54) is 0 Å². The van der Waals surface area contributed by atoms with Crippen molar-refractivity contribution in [3.05, 3.63) is 35.9 Å². The molecule has 0 bridgehead atoms. The van der Waals surface area contributed by atoms with Gasteiger partial charge in [0.15, 0.2) is 0 Å². The van der Waals surface area contributed by atoms with Crippen molar-refractivity contribution >= 4 is 40.7 Å². The van der Waals surface area contributed by atoms with Crippen molar-refractivity contribution < 1.29 is 28.6 Å². The molecule has 2 amide bonds. The first kappa shape index (κ1) is 25.2. The lowest BCUT2D eigenvalue weighted by Gasteiger charge is -2.32. The maximum atomic E-state index is 12.8. The molecule has 0 aromatic heterocycles. The Bertz CT molecular complexity index is 665. The molecule has 0 saturated heterocycles. The maximum absolute atomic E-state index is 12.8. The Morgan fingerprint density at radius 1 is 0.931 bits per heavy atom. The number of benzene rings is 1. The Hall–Kier alpha value is -1.84. The molecule has 1 rings (SSSR count). The van der Waals surface area contributed by atoms with Gasteiger partial charge in [-0.3, -0.25) is 0 Å². The Balaban J connectivity index is 3.10. The predicted octanol–water partition coefficient (Wildman–Crippen LogP) is 5.10. The lowest BCUT2D eigenvalue weighted by Crippen LogP contribution is -2.52. The number of carbonyl (C=O) groups excluding carboxylic acids is 3. The molecule has 0 aliphatic rings. The second kappa shape index (κ2) is 10.8. The fourth-order valence-electron chi connectivity index (χ4n) is 2.23. The van der Waals surface area contributed by atoms with Crippen molar-refractivity contribution in [3.8, 4) is 0 Å². The quantitative estimate of drug-likeness (QED) is 0.225. The topological polar surface area (TPSA) is 82.1 Å². The minimum Gasteiger partial charge on any atom is -0.459 e. The van der Waals surface area contributed by atoms with Crippen LogP contribution in [-0.4, -0.2) is 44.7 Å². The van der Waals surface area contributed by atoms with E-state index < -0.39 is 35.4 Å². The van der Waals surface area contributed by atoms with Crippen molar-refractivity contribution in [2.24, 2.45) is 0 Å². The highest BCUT2D eigenvalue weighted by Crippen LogP contribution is 2.20. The van der Waals surface area contributed by atoms with Crippen molar-refractivity contribution in [1.82, 2.24) is 4.90 Å². The second-order valence-electron chi connectivity index (χ2n) is 8.42. The summed E-state index contributed by atoms with van der Waals surface area (Å²) >= 11 is 2.07. The number of amides is 2. The summed E-state index contributed by atoms with van der Waals surface area (Å²) in [6, 6.07) is 8.01. The third kappa shape index (κ3) is 9.47. The van der Waals surface area contributed by atoms with Gasteiger partial charge in [-0.1, -0.05) is 52.9 Å². The van der Waals surface area contributed by atoms with Gasteiger partial charge < -0.3 is 14.2 Å². The molecule has 0 N–H and O–H groups in total. The van der Waals surface area contributed by atoms with Crippen LogP contribution in [0.4, 0.5) is 9.59 Å². The molecule has 0 aliphatic heterocycles. The van der Waals surface area contributed by atoms with Gasteiger partial charge in [0.2, 0.25) is 0 Å². The number of alkyl halides is 1. The number of rotatable bonds is 6. The highest BCUT2D eigenvalue weighted by atomic mass is 127. The van der Waals surface area contributed by atoms with Crippen molar-refractivity contribution in [1.29, 1.82) is 0 Å². The third-order valence-corrected chi connectivity index (χ3v) is 3.99. The maximum Gasteiger partial charge on any atom is 0.420 e. The van der Waals surface area contributed by atoms with E-state index in [0.717, 1.165) is 10.5 Å². The zero-order chi connectivity index (χ0) is 22.2. The summed E-state index contributed by atoms with van der Waals surface area (Å²) in [7, 11) is 0. The van der Waals surface area contributed by atoms with Gasteiger partial charge in [0.05, 0.1) is 0 Å². The van der Waals surface area contributed by atoms with Crippen LogP contribution < -0.4 is 0 Å². The van der Waals surface area contributed by atoms with Gasteiger partial charge in [-0.15, -0.1) is 0 Å². The molecule has 8 heteroatoms. The largest absolute Gasteiger partial charge is 0.459 e. The average molecular weight is 519 g/mol. The second-order valence-corrected chi connectivity index (χ2v) is 9.50. The van der Waals surface area contributed by atoms with E-state index in [2.05, 4.69) is 22.6 Å². The summed E-state index contributed by atoms with van der Waals surface area (Å²) in [6.45, 7) is 10.1. The molecular weight excluding hydrogens is 489 g/mol. The minimum absolute atomic E-state index is 0.0356. The van der Waals surface area contributed by atoms with Gasteiger partial charge in [0.1, 0.15) is 23.9 Å². The van der Waals surface area contributed by atoms with Crippen molar-refractivity contribution in [3.63, 3.8) is 0 Å². The van der Waals surface area contributed by atoms with Crippen LogP contribution in [0.25, 0.3) is 0 Å². The SMILES string of the molecule is CC(C)(C)OC(=O)N(C(=O)OC(C)(C)C)[C@@H](CCI)C(=O)OCc1ccccc1. The smallest absolute Gasteiger partial charge is 0.420 e. The third-order valence-electron chi connectivity index (χ3n) is 3.37.